The number of urea groups is 1. The Morgan fingerprint density at radius 2 is 1.93 bits per heavy atom. The van der Waals surface area contributed by atoms with Crippen LogP contribution in [0.3, 0.4) is 0 Å². The largest absolute Gasteiger partial charge is 0.487 e. The van der Waals surface area contributed by atoms with Gasteiger partial charge in [0.15, 0.2) is 5.76 Å². The number of amides is 4. The molecule has 3 N–H and O–H groups in total. The topological polar surface area (TPSA) is 150 Å². The summed E-state index contributed by atoms with van der Waals surface area (Å²) in [4.78, 5) is 46.3. The van der Waals surface area contributed by atoms with Gasteiger partial charge in [0.25, 0.3) is 11.8 Å². The maximum Gasteiger partial charge on any atom is 0.321 e. The normalized spacial score (nSPS) is 17.6. The lowest BCUT2D eigenvalue weighted by atomic mass is 9.99. The molecule has 1 aromatic carbocycles. The summed E-state index contributed by atoms with van der Waals surface area (Å²) in [6.07, 6.45) is 2.56. The van der Waals surface area contributed by atoms with Crippen LogP contribution in [0.4, 0.5) is 16.2 Å². The summed E-state index contributed by atoms with van der Waals surface area (Å²) in [5.74, 6) is -0.0433. The van der Waals surface area contributed by atoms with Crippen molar-refractivity contribution in [3.63, 3.8) is 0 Å². The van der Waals surface area contributed by atoms with Crippen LogP contribution >= 0.6 is 0 Å². The minimum absolute atomic E-state index is 0.188. The van der Waals surface area contributed by atoms with Gasteiger partial charge in [-0.25, -0.2) is 4.79 Å². The van der Waals surface area contributed by atoms with Gasteiger partial charge in [0.05, 0.1) is 24.8 Å². The van der Waals surface area contributed by atoms with E-state index in [1.54, 1.807) is 63.1 Å². The fourth-order valence-corrected chi connectivity index (χ4v) is 4.44. The highest BCUT2D eigenvalue weighted by molar-refractivity contribution is 6.05. The maximum atomic E-state index is 13.6. The quantitative estimate of drug-likeness (QED) is 0.405. The first-order valence-electron chi connectivity index (χ1n) is 13.0. The van der Waals surface area contributed by atoms with Crippen LogP contribution in [-0.4, -0.2) is 81.8 Å². The summed E-state index contributed by atoms with van der Waals surface area (Å²) in [5.41, 5.74) is 2.17. The second-order valence-corrected chi connectivity index (χ2v) is 10.0. The highest BCUT2D eigenvalue weighted by Gasteiger charge is 2.34. The van der Waals surface area contributed by atoms with Gasteiger partial charge in [-0.15, -0.1) is 0 Å². The third-order valence-corrected chi connectivity index (χ3v) is 6.93. The van der Waals surface area contributed by atoms with E-state index >= 15 is 0 Å². The van der Waals surface area contributed by atoms with Crippen LogP contribution in [0.2, 0.25) is 0 Å². The molecule has 0 radical (unpaired) electrons. The van der Waals surface area contributed by atoms with Crippen LogP contribution in [0.5, 0.6) is 5.75 Å². The molecule has 3 atom stereocenters. The zero-order chi connectivity index (χ0) is 29.0. The Bertz CT molecular complexity index is 1360. The number of rotatable bonds is 7. The highest BCUT2D eigenvalue weighted by Crippen LogP contribution is 2.31. The molecule has 1 aliphatic rings. The average Bonchev–Trinajstić information content (AvgIpc) is 3.27. The zero-order valence-electron chi connectivity index (χ0n) is 23.2. The summed E-state index contributed by atoms with van der Waals surface area (Å²) >= 11 is 0. The van der Waals surface area contributed by atoms with E-state index in [-0.39, 0.29) is 49.0 Å². The van der Waals surface area contributed by atoms with Crippen LogP contribution in [0, 0.1) is 19.8 Å². The summed E-state index contributed by atoms with van der Waals surface area (Å²) in [6.45, 7) is 7.43. The number of fused-ring (bicyclic) bond motifs is 1. The van der Waals surface area contributed by atoms with Gasteiger partial charge in [-0.3, -0.25) is 14.6 Å². The molecule has 0 saturated carbocycles. The molecule has 4 amide bonds. The molecule has 0 saturated heterocycles. The molecule has 12 nitrogen and oxygen atoms in total. The number of likely N-dealkylation sites (N-methyl/N-ethyl adjacent to an activating group) is 1. The van der Waals surface area contributed by atoms with Crippen molar-refractivity contribution in [1.29, 1.82) is 0 Å². The second kappa shape index (κ2) is 12.2. The molecule has 3 heterocycles. The predicted octanol–water partition coefficient (Wildman–Crippen LogP) is 3.32. The summed E-state index contributed by atoms with van der Waals surface area (Å²) in [5, 5.41) is 19.4. The van der Waals surface area contributed by atoms with E-state index < -0.39 is 12.1 Å². The number of aliphatic hydroxyl groups is 1. The van der Waals surface area contributed by atoms with E-state index in [1.807, 2.05) is 6.92 Å². The molecule has 0 spiro atoms. The van der Waals surface area contributed by atoms with Crippen molar-refractivity contribution in [2.24, 2.45) is 5.92 Å². The lowest BCUT2D eigenvalue weighted by Gasteiger charge is -2.38. The highest BCUT2D eigenvalue weighted by atomic mass is 16.5. The molecule has 0 aliphatic carbocycles. The Hall–Kier alpha value is -4.45. The number of nitrogens with one attached hydrogen (secondary N) is 2. The lowest BCUT2D eigenvalue weighted by Crippen LogP contribution is -2.50. The van der Waals surface area contributed by atoms with Crippen molar-refractivity contribution < 1.29 is 28.8 Å². The smallest absolute Gasteiger partial charge is 0.321 e. The molecule has 0 fully saturated rings. The van der Waals surface area contributed by atoms with Gasteiger partial charge in [-0.1, -0.05) is 12.1 Å². The van der Waals surface area contributed by atoms with E-state index in [1.165, 1.54) is 17.3 Å². The molecule has 40 heavy (non-hydrogen) atoms. The first-order valence-corrected chi connectivity index (χ1v) is 13.0. The number of hydrogen-bond donors (Lipinski definition) is 3. The molecule has 212 valence electrons. The number of carbonyl (C=O) groups excluding carboxylic acids is 3. The number of benzene rings is 1. The number of anilines is 2. The van der Waals surface area contributed by atoms with Crippen molar-refractivity contribution in [1.82, 2.24) is 19.9 Å². The molecule has 1 aliphatic heterocycles. The number of aromatic nitrogens is 2. The fourth-order valence-electron chi connectivity index (χ4n) is 4.44. The third kappa shape index (κ3) is 6.23. The zero-order valence-corrected chi connectivity index (χ0v) is 23.2. The standard InChI is InChI=1S/C28H34N6O6/c1-16-13-34(17(2)15-35)27(37)22-12-21(30-26(36)20-8-10-29-11-9-20)6-7-23(22)39-24(16)14-33(5)28(38)31-25-18(3)32-40-19(25)4/h6-12,16-17,24,35H,13-15H2,1-5H3,(H,30,36)(H,31,38)/t16-,17-,24-/m1/s1. The van der Waals surface area contributed by atoms with E-state index in [9.17, 15) is 19.5 Å². The van der Waals surface area contributed by atoms with E-state index in [0.29, 0.717) is 34.1 Å². The van der Waals surface area contributed by atoms with Crippen LogP contribution in [0.25, 0.3) is 0 Å². The molecule has 12 heteroatoms. The minimum Gasteiger partial charge on any atom is -0.487 e. The number of hydrogen-bond acceptors (Lipinski definition) is 8. The van der Waals surface area contributed by atoms with Gasteiger partial charge in [0.1, 0.15) is 23.2 Å². The molecular weight excluding hydrogens is 516 g/mol. The third-order valence-electron chi connectivity index (χ3n) is 6.93. The van der Waals surface area contributed by atoms with Crippen LogP contribution in [-0.2, 0) is 0 Å². The van der Waals surface area contributed by atoms with E-state index in [4.69, 9.17) is 9.26 Å². The monoisotopic (exact) mass is 550 g/mol. The van der Waals surface area contributed by atoms with Gasteiger partial charge in [0, 0.05) is 43.2 Å². The van der Waals surface area contributed by atoms with Crippen molar-refractivity contribution in [3.8, 4) is 5.75 Å². The first-order chi connectivity index (χ1) is 19.1. The number of pyridine rings is 1. The lowest BCUT2D eigenvalue weighted by molar-refractivity contribution is 0.0371. The molecule has 0 unspecified atom stereocenters. The summed E-state index contributed by atoms with van der Waals surface area (Å²) in [7, 11) is 1.65. The summed E-state index contributed by atoms with van der Waals surface area (Å²) < 4.78 is 11.5. The average molecular weight is 551 g/mol. The number of nitrogens with zero attached hydrogens (tertiary/aromatic N) is 4. The Balaban J connectivity index is 1.59. The van der Waals surface area contributed by atoms with Crippen molar-refractivity contribution in [2.45, 2.75) is 39.8 Å². The van der Waals surface area contributed by atoms with Gasteiger partial charge in [-0.2, -0.15) is 0 Å². The van der Waals surface area contributed by atoms with Gasteiger partial charge >= 0.3 is 6.03 Å². The van der Waals surface area contributed by atoms with Crippen molar-refractivity contribution in [2.75, 3.05) is 37.4 Å². The van der Waals surface area contributed by atoms with Gasteiger partial charge in [0.2, 0.25) is 0 Å². The number of ether oxygens (including phenoxy) is 1. The minimum atomic E-state index is -0.488. The van der Waals surface area contributed by atoms with Gasteiger partial charge in [-0.05, 0) is 51.1 Å². The molecule has 2 aromatic heterocycles. The van der Waals surface area contributed by atoms with Crippen molar-refractivity contribution >= 4 is 29.2 Å². The SMILES string of the molecule is Cc1noc(C)c1NC(=O)N(C)C[C@H]1Oc2ccc(NC(=O)c3ccncc3)cc2C(=O)N([C@H](C)CO)C[C@H]1C. The first kappa shape index (κ1) is 28.6. The molecule has 0 bridgehead atoms. The Morgan fingerprint density at radius 1 is 1.20 bits per heavy atom. The summed E-state index contributed by atoms with van der Waals surface area (Å²) in [6, 6.07) is 7.21. The predicted molar refractivity (Wildman–Crippen MR) is 147 cm³/mol. The number of aliphatic hydroxyl groups excluding tert-OH is 1. The van der Waals surface area contributed by atoms with Crippen LogP contribution < -0.4 is 15.4 Å². The van der Waals surface area contributed by atoms with Crippen LogP contribution in [0.15, 0.2) is 47.2 Å². The van der Waals surface area contributed by atoms with Crippen LogP contribution in [0.1, 0.15) is 46.0 Å². The van der Waals surface area contributed by atoms with Crippen molar-refractivity contribution in [3.05, 3.63) is 65.3 Å². The Labute approximate surface area is 232 Å². The number of aryl methyl sites for hydroxylation is 2. The van der Waals surface area contributed by atoms with Gasteiger partial charge < -0.3 is 34.8 Å². The Kier molecular flexibility index (Phi) is 8.68. The van der Waals surface area contributed by atoms with E-state index in [2.05, 4.69) is 20.8 Å². The molecular formula is C28H34N6O6. The number of carbonyl (C=O) groups is 3. The fraction of sp³-hybridized carbons (Fsp3) is 0.393. The molecule has 4 rings (SSSR count). The maximum absolute atomic E-state index is 13.6. The second-order valence-electron chi connectivity index (χ2n) is 10.0. The Morgan fingerprint density at radius 3 is 2.58 bits per heavy atom. The molecule has 3 aromatic rings. The van der Waals surface area contributed by atoms with E-state index in [0.717, 1.165) is 0 Å².